The van der Waals surface area contributed by atoms with Crippen molar-refractivity contribution in [2.45, 2.75) is 64.4 Å². The minimum absolute atomic E-state index is 0.0696. The van der Waals surface area contributed by atoms with E-state index in [9.17, 15) is 0 Å². The minimum Gasteiger partial charge on any atom is -0.377 e. The highest BCUT2D eigenvalue weighted by molar-refractivity contribution is 5.56. The predicted octanol–water partition coefficient (Wildman–Crippen LogP) is 4.85. The van der Waals surface area contributed by atoms with Crippen molar-refractivity contribution in [3.8, 4) is 11.4 Å². The Morgan fingerprint density at radius 3 is 1.97 bits per heavy atom. The first kappa shape index (κ1) is 28.6. The van der Waals surface area contributed by atoms with Crippen molar-refractivity contribution in [1.29, 1.82) is 0 Å². The smallest absolute Gasteiger partial charge is 0.157 e. The Hall–Kier alpha value is -1.94. The standard InChI is InChI=1S/C28H42N2O6/c1-27(2,31-5)22-9-11-29-24(20-22)25-21-23(10-12-30-25)28(3,4)36-19-17-33-15-14-32-16-18-35-26-8-6-7-13-34-26/h9-12,20-21,26H,6-8,13-19H2,1-5H3. The first-order valence-electron chi connectivity index (χ1n) is 12.8. The van der Waals surface area contributed by atoms with Gasteiger partial charge in [0.15, 0.2) is 6.29 Å². The zero-order valence-electron chi connectivity index (χ0n) is 22.5. The summed E-state index contributed by atoms with van der Waals surface area (Å²) in [4.78, 5) is 9.06. The van der Waals surface area contributed by atoms with Crippen molar-refractivity contribution in [1.82, 2.24) is 9.97 Å². The molecular formula is C28H42N2O6. The fourth-order valence-electron chi connectivity index (χ4n) is 3.85. The van der Waals surface area contributed by atoms with Gasteiger partial charge in [-0.05, 0) is 82.3 Å². The Kier molecular flexibility index (Phi) is 11.2. The Balaban J connectivity index is 1.37. The average molecular weight is 503 g/mol. The predicted molar refractivity (Wildman–Crippen MR) is 138 cm³/mol. The second-order valence-electron chi connectivity index (χ2n) is 9.82. The third-order valence-corrected chi connectivity index (χ3v) is 6.41. The molecule has 0 N–H and O–H groups in total. The topological polar surface area (TPSA) is 81.2 Å². The fraction of sp³-hybridized carbons (Fsp3) is 0.643. The van der Waals surface area contributed by atoms with E-state index in [0.29, 0.717) is 39.6 Å². The second kappa shape index (κ2) is 14.1. The summed E-state index contributed by atoms with van der Waals surface area (Å²) in [6, 6.07) is 7.99. The lowest BCUT2D eigenvalue weighted by Gasteiger charge is -2.26. The van der Waals surface area contributed by atoms with E-state index in [0.717, 1.165) is 42.0 Å². The van der Waals surface area contributed by atoms with E-state index < -0.39 is 11.2 Å². The van der Waals surface area contributed by atoms with Crippen LogP contribution in [0.15, 0.2) is 36.7 Å². The lowest BCUT2D eigenvalue weighted by Crippen LogP contribution is -2.25. The van der Waals surface area contributed by atoms with Crippen LogP contribution in [-0.4, -0.2) is 69.6 Å². The van der Waals surface area contributed by atoms with Gasteiger partial charge in [0.1, 0.15) is 0 Å². The van der Waals surface area contributed by atoms with Gasteiger partial charge in [0, 0.05) is 26.1 Å². The van der Waals surface area contributed by atoms with Crippen LogP contribution >= 0.6 is 0 Å². The van der Waals surface area contributed by atoms with Gasteiger partial charge in [0.05, 0.1) is 62.2 Å². The average Bonchev–Trinajstić information content (AvgIpc) is 2.90. The van der Waals surface area contributed by atoms with Crippen molar-refractivity contribution in [3.05, 3.63) is 47.8 Å². The number of pyridine rings is 2. The monoisotopic (exact) mass is 502 g/mol. The van der Waals surface area contributed by atoms with Crippen LogP contribution in [-0.2, 0) is 39.6 Å². The summed E-state index contributed by atoms with van der Waals surface area (Å²) in [5.41, 5.74) is 2.76. The summed E-state index contributed by atoms with van der Waals surface area (Å²) in [5.74, 6) is 0. The molecule has 8 heteroatoms. The van der Waals surface area contributed by atoms with Crippen LogP contribution < -0.4 is 0 Å². The highest BCUT2D eigenvalue weighted by Crippen LogP contribution is 2.29. The molecule has 1 unspecified atom stereocenters. The molecule has 1 aliphatic rings. The third-order valence-electron chi connectivity index (χ3n) is 6.41. The SMILES string of the molecule is COC(C)(C)c1ccnc(-c2cc(C(C)(C)OCCOCCOCCOC3CCCCO3)ccn2)c1. The summed E-state index contributed by atoms with van der Waals surface area (Å²) in [6.45, 7) is 12.0. The molecule has 0 amide bonds. The molecule has 0 bridgehead atoms. The molecule has 8 nitrogen and oxygen atoms in total. The highest BCUT2D eigenvalue weighted by Gasteiger charge is 2.23. The molecule has 0 saturated carbocycles. The van der Waals surface area contributed by atoms with E-state index in [1.165, 1.54) is 6.42 Å². The maximum Gasteiger partial charge on any atom is 0.157 e. The van der Waals surface area contributed by atoms with Gasteiger partial charge in [0.2, 0.25) is 0 Å². The highest BCUT2D eigenvalue weighted by atomic mass is 16.7. The third kappa shape index (κ3) is 8.87. The number of hydrogen-bond acceptors (Lipinski definition) is 8. The zero-order chi connectivity index (χ0) is 25.9. The number of hydrogen-bond donors (Lipinski definition) is 0. The van der Waals surface area contributed by atoms with E-state index in [-0.39, 0.29) is 6.29 Å². The van der Waals surface area contributed by atoms with Crippen LogP contribution in [0.3, 0.4) is 0 Å². The number of nitrogens with zero attached hydrogens (tertiary/aromatic N) is 2. The molecule has 2 aromatic heterocycles. The van der Waals surface area contributed by atoms with Crippen molar-refractivity contribution >= 4 is 0 Å². The molecule has 2 aromatic rings. The molecular weight excluding hydrogens is 460 g/mol. The molecule has 1 aliphatic heterocycles. The van der Waals surface area contributed by atoms with Gasteiger partial charge >= 0.3 is 0 Å². The maximum atomic E-state index is 6.15. The van der Waals surface area contributed by atoms with Crippen molar-refractivity contribution in [2.75, 3.05) is 53.4 Å². The summed E-state index contributed by atoms with van der Waals surface area (Å²) < 4.78 is 34.2. The van der Waals surface area contributed by atoms with Crippen molar-refractivity contribution in [3.63, 3.8) is 0 Å². The number of methoxy groups -OCH3 is 1. The minimum atomic E-state index is -0.501. The van der Waals surface area contributed by atoms with Gasteiger partial charge in [-0.15, -0.1) is 0 Å². The van der Waals surface area contributed by atoms with Crippen LogP contribution in [0.2, 0.25) is 0 Å². The van der Waals surface area contributed by atoms with Crippen LogP contribution in [0.25, 0.3) is 11.4 Å². The summed E-state index contributed by atoms with van der Waals surface area (Å²) in [6.07, 6.45) is 6.78. The Bertz CT molecular complexity index is 914. The molecule has 3 heterocycles. The quantitative estimate of drug-likeness (QED) is 0.320. The molecule has 0 aliphatic carbocycles. The normalized spacial score (nSPS) is 16.9. The molecule has 1 atom stereocenters. The Morgan fingerprint density at radius 2 is 1.39 bits per heavy atom. The number of rotatable bonds is 15. The summed E-state index contributed by atoms with van der Waals surface area (Å²) in [7, 11) is 1.71. The molecule has 36 heavy (non-hydrogen) atoms. The second-order valence-corrected chi connectivity index (χ2v) is 9.82. The van der Waals surface area contributed by atoms with Gasteiger partial charge in [-0.3, -0.25) is 9.97 Å². The van der Waals surface area contributed by atoms with Gasteiger partial charge in [-0.1, -0.05) is 0 Å². The largest absolute Gasteiger partial charge is 0.377 e. The van der Waals surface area contributed by atoms with E-state index in [1.54, 1.807) is 19.5 Å². The molecule has 1 fully saturated rings. The van der Waals surface area contributed by atoms with Gasteiger partial charge in [-0.25, -0.2) is 0 Å². The maximum absolute atomic E-state index is 6.15. The molecule has 0 radical (unpaired) electrons. The van der Waals surface area contributed by atoms with Gasteiger partial charge in [-0.2, -0.15) is 0 Å². The van der Waals surface area contributed by atoms with Crippen LogP contribution in [0.4, 0.5) is 0 Å². The molecule has 0 aromatic carbocycles. The number of aromatic nitrogens is 2. The zero-order valence-corrected chi connectivity index (χ0v) is 22.5. The van der Waals surface area contributed by atoms with Crippen LogP contribution in [0, 0.1) is 0 Å². The molecule has 0 spiro atoms. The van der Waals surface area contributed by atoms with E-state index >= 15 is 0 Å². The molecule has 1 saturated heterocycles. The van der Waals surface area contributed by atoms with E-state index in [1.807, 2.05) is 52.0 Å². The Morgan fingerprint density at radius 1 is 0.806 bits per heavy atom. The number of ether oxygens (including phenoxy) is 6. The van der Waals surface area contributed by atoms with Gasteiger partial charge in [0.25, 0.3) is 0 Å². The first-order valence-corrected chi connectivity index (χ1v) is 12.8. The van der Waals surface area contributed by atoms with E-state index in [4.69, 9.17) is 28.4 Å². The summed E-state index contributed by atoms with van der Waals surface area (Å²) in [5, 5.41) is 0. The first-order chi connectivity index (χ1) is 17.3. The fourth-order valence-corrected chi connectivity index (χ4v) is 3.85. The van der Waals surface area contributed by atoms with E-state index in [2.05, 4.69) is 9.97 Å². The van der Waals surface area contributed by atoms with Gasteiger partial charge < -0.3 is 28.4 Å². The lowest BCUT2D eigenvalue weighted by molar-refractivity contribution is -0.169. The molecule has 3 rings (SSSR count). The molecule has 200 valence electrons. The lowest BCUT2D eigenvalue weighted by atomic mass is 9.96. The van der Waals surface area contributed by atoms with Crippen molar-refractivity contribution < 1.29 is 28.4 Å². The Labute approximate surface area is 215 Å². The van der Waals surface area contributed by atoms with Crippen LogP contribution in [0.5, 0.6) is 0 Å². The summed E-state index contributed by atoms with van der Waals surface area (Å²) >= 11 is 0. The van der Waals surface area contributed by atoms with Crippen LogP contribution in [0.1, 0.15) is 58.1 Å². The van der Waals surface area contributed by atoms with Crippen molar-refractivity contribution in [2.24, 2.45) is 0 Å².